The van der Waals surface area contributed by atoms with Crippen LogP contribution in [0.5, 0.6) is 0 Å². The highest BCUT2D eigenvalue weighted by Gasteiger charge is 2.13. The van der Waals surface area contributed by atoms with Crippen molar-refractivity contribution in [3.05, 3.63) is 51.7 Å². The summed E-state index contributed by atoms with van der Waals surface area (Å²) >= 11 is 2.83. The molecule has 6 nitrogen and oxygen atoms in total. The van der Waals surface area contributed by atoms with Crippen LogP contribution in [-0.2, 0) is 4.79 Å². The van der Waals surface area contributed by atoms with Gasteiger partial charge in [0.05, 0.1) is 22.1 Å². The minimum Gasteiger partial charge on any atom is -0.325 e. The smallest absolute Gasteiger partial charge is 0.234 e. The van der Waals surface area contributed by atoms with Crippen molar-refractivity contribution in [1.29, 1.82) is 5.26 Å². The molecule has 0 aliphatic rings. The van der Waals surface area contributed by atoms with Crippen LogP contribution in [0.1, 0.15) is 22.1 Å². The Bertz CT molecular complexity index is 1040. The van der Waals surface area contributed by atoms with Gasteiger partial charge in [-0.2, -0.15) is 5.26 Å². The lowest BCUT2D eigenvalue weighted by Crippen LogP contribution is -2.14. The molecule has 2 aromatic heterocycles. The van der Waals surface area contributed by atoms with E-state index in [0.717, 1.165) is 16.3 Å². The Hall–Kier alpha value is -2.76. The first-order valence-electron chi connectivity index (χ1n) is 8.17. The number of aromatic nitrogens is 3. The maximum Gasteiger partial charge on any atom is 0.234 e. The molecule has 1 amide bonds. The largest absolute Gasteiger partial charge is 0.325 e. The van der Waals surface area contributed by atoms with E-state index in [1.54, 1.807) is 25.2 Å². The maximum atomic E-state index is 12.3. The number of nitriles is 1. The second kappa shape index (κ2) is 8.29. The van der Waals surface area contributed by atoms with Gasteiger partial charge < -0.3 is 5.32 Å². The number of hydrogen-bond donors (Lipinski definition) is 1. The number of anilines is 1. The number of hydrogen-bond acceptors (Lipinski definition) is 7. The van der Waals surface area contributed by atoms with E-state index >= 15 is 0 Å². The van der Waals surface area contributed by atoms with Crippen molar-refractivity contribution in [3.8, 4) is 17.3 Å². The topological polar surface area (TPSA) is 91.6 Å². The Balaban J connectivity index is 1.68. The van der Waals surface area contributed by atoms with Gasteiger partial charge in [-0.1, -0.05) is 23.9 Å². The molecule has 0 atom stereocenters. The zero-order valence-electron chi connectivity index (χ0n) is 15.1. The molecular weight excluding hydrogens is 378 g/mol. The lowest BCUT2D eigenvalue weighted by Gasteiger charge is -2.08. The minimum absolute atomic E-state index is 0.157. The van der Waals surface area contributed by atoms with E-state index in [1.807, 2.05) is 36.6 Å². The molecule has 0 aliphatic heterocycles. The molecule has 0 fully saturated rings. The normalized spacial score (nSPS) is 10.4. The number of carbonyl (C=O) groups is 1. The third-order valence-electron chi connectivity index (χ3n) is 3.68. The first-order valence-corrected chi connectivity index (χ1v) is 10.0. The summed E-state index contributed by atoms with van der Waals surface area (Å²) in [6.45, 7) is 5.50. The van der Waals surface area contributed by atoms with Crippen LogP contribution < -0.4 is 5.32 Å². The highest BCUT2D eigenvalue weighted by atomic mass is 32.2. The average Bonchev–Trinajstić information content (AvgIpc) is 3.06. The molecule has 0 aliphatic carbocycles. The molecule has 27 heavy (non-hydrogen) atoms. The van der Waals surface area contributed by atoms with Crippen molar-refractivity contribution in [2.24, 2.45) is 0 Å². The fraction of sp³-hybridized carbons (Fsp3) is 0.211. The standard InChI is InChI=1S/C19H17N5OS2/c1-11-16(8-20)19(22-12(2)21-11)27-10-18(25)24-15-6-4-5-14(7-15)17-9-26-13(3)23-17/h4-7,9H,10H2,1-3H3,(H,24,25). The monoisotopic (exact) mass is 395 g/mol. The highest BCUT2D eigenvalue weighted by molar-refractivity contribution is 8.00. The van der Waals surface area contributed by atoms with E-state index in [4.69, 9.17) is 0 Å². The van der Waals surface area contributed by atoms with E-state index < -0.39 is 0 Å². The average molecular weight is 396 g/mol. The van der Waals surface area contributed by atoms with Gasteiger partial charge in [-0.3, -0.25) is 4.79 Å². The molecule has 136 valence electrons. The van der Waals surface area contributed by atoms with Crippen LogP contribution in [0.15, 0.2) is 34.7 Å². The molecular formula is C19H17N5OS2. The number of benzene rings is 1. The second-order valence-electron chi connectivity index (χ2n) is 5.82. The Labute approximate surface area is 165 Å². The Morgan fingerprint density at radius 2 is 2.07 bits per heavy atom. The number of thiazole rings is 1. The summed E-state index contributed by atoms with van der Waals surface area (Å²) in [5.41, 5.74) is 3.60. The van der Waals surface area contributed by atoms with Gasteiger partial charge in [-0.05, 0) is 32.9 Å². The number of carbonyl (C=O) groups excluding carboxylic acids is 1. The van der Waals surface area contributed by atoms with Crippen LogP contribution >= 0.6 is 23.1 Å². The maximum absolute atomic E-state index is 12.3. The zero-order valence-corrected chi connectivity index (χ0v) is 16.7. The van der Waals surface area contributed by atoms with Crippen LogP contribution in [0.2, 0.25) is 0 Å². The SMILES string of the molecule is Cc1nc(C)c(C#N)c(SCC(=O)Nc2cccc(-c3csc(C)n3)c2)n1. The molecule has 0 saturated carbocycles. The van der Waals surface area contributed by atoms with Crippen molar-refractivity contribution in [2.45, 2.75) is 25.8 Å². The molecule has 1 aromatic carbocycles. The zero-order chi connectivity index (χ0) is 19.4. The van der Waals surface area contributed by atoms with Crippen molar-refractivity contribution >= 4 is 34.7 Å². The first-order chi connectivity index (χ1) is 13.0. The number of thioether (sulfide) groups is 1. The third kappa shape index (κ3) is 4.70. The van der Waals surface area contributed by atoms with Gasteiger partial charge in [0.15, 0.2) is 0 Å². The molecule has 0 bridgehead atoms. The van der Waals surface area contributed by atoms with Gasteiger partial charge in [-0.15, -0.1) is 11.3 Å². The predicted octanol–water partition coefficient (Wildman–Crippen LogP) is 4.13. The molecule has 1 N–H and O–H groups in total. The van der Waals surface area contributed by atoms with Crippen LogP contribution in [0.25, 0.3) is 11.3 Å². The molecule has 3 aromatic rings. The molecule has 0 spiro atoms. The van der Waals surface area contributed by atoms with Crippen molar-refractivity contribution in [2.75, 3.05) is 11.1 Å². The van der Waals surface area contributed by atoms with Gasteiger partial charge in [0.2, 0.25) is 5.91 Å². The third-order valence-corrected chi connectivity index (χ3v) is 5.43. The van der Waals surface area contributed by atoms with Crippen LogP contribution in [0, 0.1) is 32.1 Å². The lowest BCUT2D eigenvalue weighted by molar-refractivity contribution is -0.113. The Kier molecular flexibility index (Phi) is 5.84. The summed E-state index contributed by atoms with van der Waals surface area (Å²) in [4.78, 5) is 25.3. The molecule has 0 saturated heterocycles. The molecule has 0 unspecified atom stereocenters. The molecule has 2 heterocycles. The van der Waals surface area contributed by atoms with Crippen molar-refractivity contribution < 1.29 is 4.79 Å². The first kappa shape index (κ1) is 19.0. The number of nitrogens with one attached hydrogen (secondary N) is 1. The quantitative estimate of drug-likeness (QED) is 0.516. The van der Waals surface area contributed by atoms with Crippen molar-refractivity contribution in [1.82, 2.24) is 15.0 Å². The molecule has 8 heteroatoms. The summed E-state index contributed by atoms with van der Waals surface area (Å²) in [7, 11) is 0. The van der Waals surface area contributed by atoms with Crippen LogP contribution in [0.4, 0.5) is 5.69 Å². The molecule has 0 radical (unpaired) electrons. The fourth-order valence-corrected chi connectivity index (χ4v) is 3.99. The summed E-state index contributed by atoms with van der Waals surface area (Å²) in [6, 6.07) is 9.70. The van der Waals surface area contributed by atoms with Gasteiger partial charge in [-0.25, -0.2) is 15.0 Å². The van der Waals surface area contributed by atoms with E-state index in [9.17, 15) is 10.1 Å². The predicted molar refractivity (Wildman–Crippen MR) is 108 cm³/mol. The fourth-order valence-electron chi connectivity index (χ4n) is 2.50. The summed E-state index contributed by atoms with van der Waals surface area (Å²) in [5, 5.41) is 15.7. The Morgan fingerprint density at radius 3 is 2.78 bits per heavy atom. The summed E-state index contributed by atoms with van der Waals surface area (Å²) in [5.74, 6) is 0.579. The van der Waals surface area contributed by atoms with Gasteiger partial charge >= 0.3 is 0 Å². The number of aryl methyl sites for hydroxylation is 3. The van der Waals surface area contributed by atoms with Crippen molar-refractivity contribution in [3.63, 3.8) is 0 Å². The van der Waals surface area contributed by atoms with Gasteiger partial charge in [0, 0.05) is 16.6 Å². The number of amides is 1. The number of rotatable bonds is 5. The summed E-state index contributed by atoms with van der Waals surface area (Å²) in [6.07, 6.45) is 0. The van der Waals surface area contributed by atoms with Gasteiger partial charge in [0.1, 0.15) is 22.5 Å². The lowest BCUT2D eigenvalue weighted by atomic mass is 10.1. The minimum atomic E-state index is -0.163. The molecule has 3 rings (SSSR count). The van der Waals surface area contributed by atoms with E-state index in [1.165, 1.54) is 11.8 Å². The second-order valence-corrected chi connectivity index (χ2v) is 7.84. The van der Waals surface area contributed by atoms with Gasteiger partial charge in [0.25, 0.3) is 0 Å². The van der Waals surface area contributed by atoms with E-state index in [2.05, 4.69) is 26.3 Å². The summed E-state index contributed by atoms with van der Waals surface area (Å²) < 4.78 is 0. The Morgan fingerprint density at radius 1 is 1.26 bits per heavy atom. The van der Waals surface area contributed by atoms with Crippen LogP contribution in [0.3, 0.4) is 0 Å². The van der Waals surface area contributed by atoms with E-state index in [-0.39, 0.29) is 11.7 Å². The van der Waals surface area contributed by atoms with Crippen LogP contribution in [-0.4, -0.2) is 26.6 Å². The number of nitrogens with zero attached hydrogens (tertiary/aromatic N) is 4. The van der Waals surface area contributed by atoms with E-state index in [0.29, 0.717) is 27.8 Å². The highest BCUT2D eigenvalue weighted by Crippen LogP contribution is 2.25.